The summed E-state index contributed by atoms with van der Waals surface area (Å²) < 4.78 is 10.7. The molecule has 2 rings (SSSR count). The van der Waals surface area contributed by atoms with Crippen LogP contribution in [0.25, 0.3) is 0 Å². The first kappa shape index (κ1) is 18.3. The molecule has 0 fully saturated rings. The van der Waals surface area contributed by atoms with Gasteiger partial charge in [0.05, 0.1) is 26.0 Å². The summed E-state index contributed by atoms with van der Waals surface area (Å²) in [5, 5.41) is 6.97. The lowest BCUT2D eigenvalue weighted by Crippen LogP contribution is -2.25. The average Bonchev–Trinajstić information content (AvgIpc) is 2.63. The Morgan fingerprint density at radius 2 is 1.52 bits per heavy atom. The van der Waals surface area contributed by atoms with Crippen LogP contribution in [0.15, 0.2) is 53.6 Å². The maximum absolute atomic E-state index is 11.8. The number of carbonyl (C=O) groups excluding carboxylic acids is 1. The Kier molecular flexibility index (Phi) is 7.31. The van der Waals surface area contributed by atoms with Gasteiger partial charge in [-0.15, -0.1) is 0 Å². The fraction of sp³-hybridized carbons (Fsp3) is 0.263. The van der Waals surface area contributed by atoms with E-state index < -0.39 is 0 Å². The Hall–Kier alpha value is -3.02. The van der Waals surface area contributed by atoms with Gasteiger partial charge in [-0.05, 0) is 67.9 Å². The Labute approximate surface area is 147 Å². The third kappa shape index (κ3) is 6.55. The maximum Gasteiger partial charge on any atom is 0.259 e. The number of hydrogen-bond acceptors (Lipinski definition) is 5. The van der Waals surface area contributed by atoms with Crippen molar-refractivity contribution in [2.45, 2.75) is 13.8 Å². The molecule has 132 valence electrons. The lowest BCUT2D eigenvalue weighted by molar-refractivity contribution is -0.119. The molecule has 0 unspecified atom stereocenters. The van der Waals surface area contributed by atoms with Crippen LogP contribution in [0.1, 0.15) is 19.4 Å². The fourth-order valence-electron chi connectivity index (χ4n) is 2.05. The highest BCUT2D eigenvalue weighted by Crippen LogP contribution is 2.15. The molecule has 0 bridgehead atoms. The van der Waals surface area contributed by atoms with Gasteiger partial charge in [0.2, 0.25) is 0 Å². The molecule has 0 saturated carbocycles. The Bertz CT molecular complexity index is 682. The van der Waals surface area contributed by atoms with Crippen molar-refractivity contribution in [3.63, 3.8) is 0 Å². The van der Waals surface area contributed by atoms with Crippen LogP contribution in [-0.2, 0) is 4.79 Å². The van der Waals surface area contributed by atoms with Crippen molar-refractivity contribution in [3.8, 4) is 11.5 Å². The summed E-state index contributed by atoms with van der Waals surface area (Å²) in [5.41, 5.74) is 4.20. The normalized spacial score (nSPS) is 10.5. The number of anilines is 1. The van der Waals surface area contributed by atoms with Gasteiger partial charge in [0.25, 0.3) is 5.91 Å². The van der Waals surface area contributed by atoms with Crippen molar-refractivity contribution < 1.29 is 14.3 Å². The maximum atomic E-state index is 11.8. The van der Waals surface area contributed by atoms with Crippen molar-refractivity contribution in [1.82, 2.24) is 5.43 Å². The smallest absolute Gasteiger partial charge is 0.259 e. The molecule has 0 aliphatic rings. The number of nitrogens with one attached hydrogen (secondary N) is 2. The topological polar surface area (TPSA) is 72.0 Å². The van der Waals surface area contributed by atoms with Gasteiger partial charge in [-0.25, -0.2) is 5.43 Å². The molecule has 0 saturated heterocycles. The second-order valence-corrected chi connectivity index (χ2v) is 5.11. The van der Waals surface area contributed by atoms with E-state index in [0.717, 1.165) is 22.7 Å². The van der Waals surface area contributed by atoms with Crippen molar-refractivity contribution >= 4 is 17.8 Å². The number of amides is 1. The van der Waals surface area contributed by atoms with E-state index in [1.165, 1.54) is 0 Å². The summed E-state index contributed by atoms with van der Waals surface area (Å²) in [6, 6.07) is 14.9. The van der Waals surface area contributed by atoms with Crippen LogP contribution in [0.5, 0.6) is 11.5 Å². The number of rotatable bonds is 9. The van der Waals surface area contributed by atoms with Crippen LogP contribution in [0.2, 0.25) is 0 Å². The summed E-state index contributed by atoms with van der Waals surface area (Å²) in [5.74, 6) is 1.39. The van der Waals surface area contributed by atoms with Gasteiger partial charge in [-0.3, -0.25) is 4.79 Å². The lowest BCUT2D eigenvalue weighted by atomic mass is 10.2. The molecule has 0 aliphatic heterocycles. The zero-order valence-corrected chi connectivity index (χ0v) is 14.5. The van der Waals surface area contributed by atoms with Crippen molar-refractivity contribution in [2.24, 2.45) is 5.10 Å². The number of carbonyl (C=O) groups is 1. The summed E-state index contributed by atoms with van der Waals surface area (Å²) in [7, 11) is 0. The number of hydrazone groups is 1. The zero-order chi connectivity index (χ0) is 17.9. The first-order valence-electron chi connectivity index (χ1n) is 8.22. The SMILES string of the molecule is CCOc1ccc(C=NNC(=O)CNc2ccc(OCC)cc2)cc1. The predicted molar refractivity (Wildman–Crippen MR) is 99.4 cm³/mol. The molecule has 6 heteroatoms. The van der Waals surface area contributed by atoms with E-state index in [4.69, 9.17) is 9.47 Å². The molecule has 1 amide bonds. The third-order valence-electron chi connectivity index (χ3n) is 3.21. The minimum absolute atomic E-state index is 0.134. The Morgan fingerprint density at radius 1 is 0.960 bits per heavy atom. The van der Waals surface area contributed by atoms with Crippen molar-refractivity contribution in [3.05, 3.63) is 54.1 Å². The van der Waals surface area contributed by atoms with E-state index >= 15 is 0 Å². The number of nitrogens with zero attached hydrogens (tertiary/aromatic N) is 1. The molecule has 6 nitrogen and oxygen atoms in total. The molecule has 2 aromatic rings. The quantitative estimate of drug-likeness (QED) is 0.543. The van der Waals surface area contributed by atoms with Crippen molar-refractivity contribution in [2.75, 3.05) is 25.1 Å². The van der Waals surface area contributed by atoms with Crippen LogP contribution < -0.4 is 20.2 Å². The van der Waals surface area contributed by atoms with Crippen LogP contribution in [-0.4, -0.2) is 31.9 Å². The van der Waals surface area contributed by atoms with Gasteiger partial charge >= 0.3 is 0 Å². The minimum atomic E-state index is -0.226. The number of ether oxygens (including phenoxy) is 2. The molecule has 0 aliphatic carbocycles. The van der Waals surface area contributed by atoms with E-state index in [1.807, 2.05) is 62.4 Å². The highest BCUT2D eigenvalue weighted by atomic mass is 16.5. The summed E-state index contributed by atoms with van der Waals surface area (Å²) in [6.07, 6.45) is 1.59. The molecule has 0 aromatic heterocycles. The molecule has 0 spiro atoms. The van der Waals surface area contributed by atoms with Gasteiger partial charge in [-0.2, -0.15) is 5.10 Å². The van der Waals surface area contributed by atoms with E-state index in [-0.39, 0.29) is 12.5 Å². The van der Waals surface area contributed by atoms with Gasteiger partial charge in [0.15, 0.2) is 0 Å². The predicted octanol–water partition coefficient (Wildman–Crippen LogP) is 3.05. The second kappa shape index (κ2) is 9.97. The third-order valence-corrected chi connectivity index (χ3v) is 3.21. The first-order chi connectivity index (χ1) is 12.2. The highest BCUT2D eigenvalue weighted by molar-refractivity contribution is 5.84. The standard InChI is InChI=1S/C19H23N3O3/c1-3-24-17-9-5-15(6-10-17)13-21-22-19(23)14-20-16-7-11-18(12-8-16)25-4-2/h5-13,20H,3-4,14H2,1-2H3,(H,22,23). The van der Waals surface area contributed by atoms with Crippen LogP contribution in [0, 0.1) is 0 Å². The minimum Gasteiger partial charge on any atom is -0.494 e. The van der Waals surface area contributed by atoms with Gasteiger partial charge < -0.3 is 14.8 Å². The summed E-state index contributed by atoms with van der Waals surface area (Å²) in [4.78, 5) is 11.8. The monoisotopic (exact) mass is 341 g/mol. The molecule has 25 heavy (non-hydrogen) atoms. The van der Waals surface area contributed by atoms with Gasteiger partial charge in [0, 0.05) is 5.69 Å². The van der Waals surface area contributed by atoms with Gasteiger partial charge in [-0.1, -0.05) is 0 Å². The molecular formula is C19H23N3O3. The zero-order valence-electron chi connectivity index (χ0n) is 14.5. The number of benzene rings is 2. The van der Waals surface area contributed by atoms with Crippen LogP contribution >= 0.6 is 0 Å². The van der Waals surface area contributed by atoms with Gasteiger partial charge in [0.1, 0.15) is 11.5 Å². The molecular weight excluding hydrogens is 318 g/mol. The largest absolute Gasteiger partial charge is 0.494 e. The van der Waals surface area contributed by atoms with Crippen molar-refractivity contribution in [1.29, 1.82) is 0 Å². The molecule has 0 atom stereocenters. The molecule has 2 aromatic carbocycles. The van der Waals surface area contributed by atoms with E-state index in [0.29, 0.717) is 13.2 Å². The highest BCUT2D eigenvalue weighted by Gasteiger charge is 2.00. The molecule has 2 N–H and O–H groups in total. The van der Waals surface area contributed by atoms with Crippen LogP contribution in [0.4, 0.5) is 5.69 Å². The Morgan fingerprint density at radius 3 is 2.08 bits per heavy atom. The summed E-state index contributed by atoms with van der Waals surface area (Å²) in [6.45, 7) is 5.26. The van der Waals surface area contributed by atoms with Crippen LogP contribution in [0.3, 0.4) is 0 Å². The molecule has 0 radical (unpaired) electrons. The lowest BCUT2D eigenvalue weighted by Gasteiger charge is -2.07. The summed E-state index contributed by atoms with van der Waals surface area (Å²) >= 11 is 0. The van der Waals surface area contributed by atoms with E-state index in [1.54, 1.807) is 6.21 Å². The number of hydrogen-bond donors (Lipinski definition) is 2. The first-order valence-corrected chi connectivity index (χ1v) is 8.22. The van der Waals surface area contributed by atoms with E-state index in [9.17, 15) is 4.79 Å². The second-order valence-electron chi connectivity index (χ2n) is 5.11. The van der Waals surface area contributed by atoms with E-state index in [2.05, 4.69) is 15.8 Å². The molecule has 0 heterocycles. The fourth-order valence-corrected chi connectivity index (χ4v) is 2.05. The Balaban J connectivity index is 1.74. The average molecular weight is 341 g/mol.